The van der Waals surface area contributed by atoms with Gasteiger partial charge in [0.1, 0.15) is 6.17 Å². The lowest BCUT2D eigenvalue weighted by Crippen LogP contribution is -2.49. The molecular formula is C8H6F6N2O2. The molecule has 0 radical (unpaired) electrons. The number of alkyl halides is 6. The maximum absolute atomic E-state index is 12.1. The third-order valence-corrected chi connectivity index (χ3v) is 2.15. The van der Waals surface area contributed by atoms with Gasteiger partial charge in [-0.1, -0.05) is 0 Å². The van der Waals surface area contributed by atoms with Crippen LogP contribution in [0.15, 0.2) is 12.4 Å². The monoisotopic (exact) mass is 276 g/mol. The van der Waals surface area contributed by atoms with Gasteiger partial charge < -0.3 is 0 Å². The third-order valence-electron chi connectivity index (χ3n) is 2.15. The molecule has 1 rings (SSSR count). The van der Waals surface area contributed by atoms with E-state index in [2.05, 4.69) is 0 Å². The SMILES string of the molecule is CC1N(C(=O)C(F)(F)F)C=CN1C(=O)C(F)(F)F. The first-order valence-electron chi connectivity index (χ1n) is 4.43. The van der Waals surface area contributed by atoms with Crippen LogP contribution in [0.1, 0.15) is 6.92 Å². The van der Waals surface area contributed by atoms with Gasteiger partial charge in [-0.05, 0) is 6.92 Å². The van der Waals surface area contributed by atoms with E-state index in [1.165, 1.54) is 0 Å². The summed E-state index contributed by atoms with van der Waals surface area (Å²) in [5, 5.41) is 0. The van der Waals surface area contributed by atoms with Crippen LogP contribution in [0, 0.1) is 0 Å². The number of carbonyl (C=O) groups excluding carboxylic acids is 2. The molecule has 1 heterocycles. The lowest BCUT2D eigenvalue weighted by molar-refractivity contribution is -0.192. The Kier molecular flexibility index (Phi) is 3.32. The Hall–Kier alpha value is -1.74. The van der Waals surface area contributed by atoms with Crippen LogP contribution in [-0.2, 0) is 9.59 Å². The number of hydrogen-bond donors (Lipinski definition) is 0. The first-order chi connectivity index (χ1) is 7.96. The van der Waals surface area contributed by atoms with Crippen molar-refractivity contribution in [3.05, 3.63) is 12.4 Å². The minimum Gasteiger partial charge on any atom is -0.289 e. The summed E-state index contributed by atoms with van der Waals surface area (Å²) >= 11 is 0. The van der Waals surface area contributed by atoms with Crippen LogP contribution in [0.25, 0.3) is 0 Å². The summed E-state index contributed by atoms with van der Waals surface area (Å²) in [4.78, 5) is 21.7. The molecule has 0 aliphatic carbocycles. The summed E-state index contributed by atoms with van der Waals surface area (Å²) in [6.07, 6.45) is -11.2. The lowest BCUT2D eigenvalue weighted by atomic mass is 10.4. The Bertz CT molecular complexity index is 363. The summed E-state index contributed by atoms with van der Waals surface area (Å²) in [7, 11) is 0. The zero-order chi connectivity index (χ0) is 14.3. The third kappa shape index (κ3) is 2.57. The van der Waals surface area contributed by atoms with Gasteiger partial charge in [-0.3, -0.25) is 19.4 Å². The number of rotatable bonds is 0. The predicted molar refractivity (Wildman–Crippen MR) is 44.4 cm³/mol. The number of amides is 2. The van der Waals surface area contributed by atoms with Crippen LogP contribution in [0.5, 0.6) is 0 Å². The highest BCUT2D eigenvalue weighted by Gasteiger charge is 2.50. The second-order valence-electron chi connectivity index (χ2n) is 3.35. The van der Waals surface area contributed by atoms with Crippen molar-refractivity contribution in [1.29, 1.82) is 0 Å². The van der Waals surface area contributed by atoms with Gasteiger partial charge >= 0.3 is 24.2 Å². The predicted octanol–water partition coefficient (Wildman–Crippen LogP) is 1.60. The molecule has 4 nitrogen and oxygen atoms in total. The van der Waals surface area contributed by atoms with Crippen molar-refractivity contribution in [3.8, 4) is 0 Å². The first-order valence-corrected chi connectivity index (χ1v) is 4.43. The standard InChI is InChI=1S/C8H6F6N2O2/c1-4-15(5(17)7(9,10)11)2-3-16(4)6(18)8(12,13)14/h2-4H,1H3. The van der Waals surface area contributed by atoms with Gasteiger partial charge in [0.25, 0.3) is 0 Å². The molecule has 0 aromatic rings. The van der Waals surface area contributed by atoms with Gasteiger partial charge in [0, 0.05) is 12.4 Å². The van der Waals surface area contributed by atoms with Crippen molar-refractivity contribution < 1.29 is 35.9 Å². The molecule has 0 N–H and O–H groups in total. The van der Waals surface area contributed by atoms with Crippen molar-refractivity contribution in [2.24, 2.45) is 0 Å². The minimum absolute atomic E-state index is 0.00361. The fourth-order valence-electron chi connectivity index (χ4n) is 1.29. The maximum atomic E-state index is 12.1. The van der Waals surface area contributed by atoms with Crippen molar-refractivity contribution in [3.63, 3.8) is 0 Å². The van der Waals surface area contributed by atoms with Crippen LogP contribution in [0.4, 0.5) is 26.3 Å². The molecule has 0 bridgehead atoms. The molecule has 1 aliphatic rings. The summed E-state index contributed by atoms with van der Waals surface area (Å²) in [5.74, 6) is -4.69. The van der Waals surface area contributed by atoms with Crippen LogP contribution in [-0.4, -0.2) is 40.1 Å². The van der Waals surface area contributed by atoms with Crippen molar-refractivity contribution >= 4 is 11.8 Å². The van der Waals surface area contributed by atoms with E-state index >= 15 is 0 Å². The number of hydrogen-bond acceptors (Lipinski definition) is 2. The molecule has 0 atom stereocenters. The van der Waals surface area contributed by atoms with E-state index in [0.29, 0.717) is 12.4 Å². The zero-order valence-electron chi connectivity index (χ0n) is 8.71. The van der Waals surface area contributed by atoms with Gasteiger partial charge in [0.05, 0.1) is 0 Å². The maximum Gasteiger partial charge on any atom is 0.471 e. The van der Waals surface area contributed by atoms with E-state index in [4.69, 9.17) is 0 Å². The normalized spacial score (nSPS) is 17.5. The smallest absolute Gasteiger partial charge is 0.289 e. The van der Waals surface area contributed by atoms with Gasteiger partial charge in [-0.15, -0.1) is 0 Å². The number of nitrogens with zero attached hydrogens (tertiary/aromatic N) is 2. The fraction of sp³-hybridized carbons (Fsp3) is 0.500. The second kappa shape index (κ2) is 4.18. The van der Waals surface area contributed by atoms with Crippen LogP contribution < -0.4 is 0 Å². The molecular weight excluding hydrogens is 270 g/mol. The van der Waals surface area contributed by atoms with Gasteiger partial charge in [-0.2, -0.15) is 26.3 Å². The van der Waals surface area contributed by atoms with E-state index in [0.717, 1.165) is 6.92 Å². The Labute approximate surface area is 96.4 Å². The summed E-state index contributed by atoms with van der Waals surface area (Å²) < 4.78 is 72.5. The molecule has 2 amide bonds. The van der Waals surface area contributed by atoms with E-state index in [1.54, 1.807) is 0 Å². The fourth-order valence-corrected chi connectivity index (χ4v) is 1.29. The van der Waals surface area contributed by atoms with Gasteiger partial charge in [0.2, 0.25) is 0 Å². The molecule has 0 fully saturated rings. The first kappa shape index (κ1) is 14.3. The summed E-state index contributed by atoms with van der Waals surface area (Å²) in [5.41, 5.74) is 0. The van der Waals surface area contributed by atoms with Crippen molar-refractivity contribution in [2.75, 3.05) is 0 Å². The Morgan fingerprint density at radius 3 is 1.39 bits per heavy atom. The molecule has 0 aromatic carbocycles. The highest BCUT2D eigenvalue weighted by atomic mass is 19.4. The van der Waals surface area contributed by atoms with Crippen LogP contribution >= 0.6 is 0 Å². The molecule has 1 aliphatic heterocycles. The number of carbonyl (C=O) groups is 2. The van der Waals surface area contributed by atoms with Crippen LogP contribution in [0.3, 0.4) is 0 Å². The van der Waals surface area contributed by atoms with Gasteiger partial charge in [-0.25, -0.2) is 0 Å². The quantitative estimate of drug-likeness (QED) is 0.630. The Balaban J connectivity index is 2.88. The second-order valence-corrected chi connectivity index (χ2v) is 3.35. The van der Waals surface area contributed by atoms with E-state index in [9.17, 15) is 35.9 Å². The molecule has 0 aromatic heterocycles. The zero-order valence-corrected chi connectivity index (χ0v) is 8.71. The molecule has 0 spiro atoms. The summed E-state index contributed by atoms with van der Waals surface area (Å²) in [6.45, 7) is 0.868. The Morgan fingerprint density at radius 1 is 0.889 bits per heavy atom. The molecule has 0 unspecified atom stereocenters. The molecule has 0 saturated heterocycles. The van der Waals surface area contributed by atoms with Gasteiger partial charge in [0.15, 0.2) is 0 Å². The lowest BCUT2D eigenvalue weighted by Gasteiger charge is -2.27. The van der Waals surface area contributed by atoms with Crippen LogP contribution in [0.2, 0.25) is 0 Å². The molecule has 102 valence electrons. The van der Waals surface area contributed by atoms with Crippen molar-refractivity contribution in [1.82, 2.24) is 9.80 Å². The average molecular weight is 276 g/mol. The average Bonchev–Trinajstić information content (AvgIpc) is 2.55. The van der Waals surface area contributed by atoms with E-state index < -0.39 is 30.3 Å². The highest BCUT2D eigenvalue weighted by Crippen LogP contribution is 2.28. The molecule has 18 heavy (non-hydrogen) atoms. The molecule has 10 heteroatoms. The topological polar surface area (TPSA) is 40.6 Å². The number of halogens is 6. The summed E-state index contributed by atoms with van der Waals surface area (Å²) in [6, 6.07) is 0. The van der Waals surface area contributed by atoms with E-state index in [1.807, 2.05) is 0 Å². The minimum atomic E-state index is -5.23. The highest BCUT2D eigenvalue weighted by molar-refractivity contribution is 5.87. The molecule has 0 saturated carbocycles. The largest absolute Gasteiger partial charge is 0.471 e. The van der Waals surface area contributed by atoms with E-state index in [-0.39, 0.29) is 9.80 Å². The van der Waals surface area contributed by atoms with Crippen molar-refractivity contribution in [2.45, 2.75) is 25.4 Å². The Morgan fingerprint density at radius 2 is 1.17 bits per heavy atom.